The zero-order valence-corrected chi connectivity index (χ0v) is 21.3. The van der Waals surface area contributed by atoms with Gasteiger partial charge in [0.1, 0.15) is 5.75 Å². The number of nitrogens with zero attached hydrogens (tertiary/aromatic N) is 1. The fourth-order valence-electron chi connectivity index (χ4n) is 3.74. The van der Waals surface area contributed by atoms with Crippen molar-refractivity contribution in [2.75, 3.05) is 40.0 Å². The predicted octanol–water partition coefficient (Wildman–Crippen LogP) is 4.78. The first-order valence-corrected chi connectivity index (χ1v) is 11.3. The molecule has 0 radical (unpaired) electrons. The minimum atomic E-state index is 0. The number of hydrogen-bond donors (Lipinski definition) is 2. The summed E-state index contributed by atoms with van der Waals surface area (Å²) in [5.74, 6) is 2.23. The maximum atomic E-state index is 5.66. The number of ether oxygens (including phenoxy) is 2. The average molecular weight is 544 g/mol. The molecule has 30 heavy (non-hydrogen) atoms. The summed E-state index contributed by atoms with van der Waals surface area (Å²) in [6, 6.07) is 12.8. The third-order valence-electron chi connectivity index (χ3n) is 5.64. The number of halogens is 1. The number of thiophene rings is 1. The molecule has 166 valence electrons. The van der Waals surface area contributed by atoms with Crippen LogP contribution in [-0.2, 0) is 10.2 Å². The van der Waals surface area contributed by atoms with Gasteiger partial charge in [-0.15, -0.1) is 35.3 Å². The Morgan fingerprint density at radius 3 is 2.53 bits per heavy atom. The topological polar surface area (TPSA) is 54.9 Å². The lowest BCUT2D eigenvalue weighted by molar-refractivity contribution is 0.0531. The van der Waals surface area contributed by atoms with E-state index in [0.29, 0.717) is 5.92 Å². The summed E-state index contributed by atoms with van der Waals surface area (Å²) >= 11 is 1.81. The van der Waals surface area contributed by atoms with Crippen molar-refractivity contribution in [2.45, 2.75) is 38.0 Å². The van der Waals surface area contributed by atoms with E-state index in [9.17, 15) is 0 Å². The Labute approximate surface area is 201 Å². The SMILES string of the molecule is CCNC(=NCC1(c2ccc(OC)cc2)CCOCC1)NCC(C)c1cccs1.I. The summed E-state index contributed by atoms with van der Waals surface area (Å²) < 4.78 is 11.0. The lowest BCUT2D eigenvalue weighted by Crippen LogP contribution is -2.42. The highest BCUT2D eigenvalue weighted by atomic mass is 127. The third kappa shape index (κ3) is 6.59. The van der Waals surface area contributed by atoms with Crippen LogP contribution in [0.25, 0.3) is 0 Å². The van der Waals surface area contributed by atoms with Crippen molar-refractivity contribution in [1.29, 1.82) is 0 Å². The normalized spacial score (nSPS) is 17.0. The summed E-state index contributed by atoms with van der Waals surface area (Å²) in [7, 11) is 1.70. The van der Waals surface area contributed by atoms with Crippen LogP contribution < -0.4 is 15.4 Å². The lowest BCUT2D eigenvalue weighted by Gasteiger charge is -2.36. The van der Waals surface area contributed by atoms with Crippen molar-refractivity contribution in [3.63, 3.8) is 0 Å². The van der Waals surface area contributed by atoms with Crippen LogP contribution in [0.3, 0.4) is 0 Å². The van der Waals surface area contributed by atoms with Gasteiger partial charge in [0.05, 0.1) is 13.7 Å². The summed E-state index contributed by atoms with van der Waals surface area (Å²) in [4.78, 5) is 6.39. The Morgan fingerprint density at radius 1 is 1.20 bits per heavy atom. The van der Waals surface area contributed by atoms with Crippen molar-refractivity contribution in [1.82, 2.24) is 10.6 Å². The fourth-order valence-corrected chi connectivity index (χ4v) is 4.53. The van der Waals surface area contributed by atoms with Crippen molar-refractivity contribution in [3.05, 3.63) is 52.2 Å². The van der Waals surface area contributed by atoms with Gasteiger partial charge >= 0.3 is 0 Å². The van der Waals surface area contributed by atoms with Gasteiger partial charge in [0, 0.05) is 42.5 Å². The minimum absolute atomic E-state index is 0. The molecule has 7 heteroatoms. The van der Waals surface area contributed by atoms with Gasteiger partial charge < -0.3 is 20.1 Å². The number of methoxy groups -OCH3 is 1. The van der Waals surface area contributed by atoms with E-state index in [4.69, 9.17) is 14.5 Å². The van der Waals surface area contributed by atoms with Crippen LogP contribution in [0.2, 0.25) is 0 Å². The summed E-state index contributed by atoms with van der Waals surface area (Å²) in [6.07, 6.45) is 1.96. The van der Waals surface area contributed by atoms with Crippen molar-refractivity contribution < 1.29 is 9.47 Å². The molecule has 0 spiro atoms. The van der Waals surface area contributed by atoms with Gasteiger partial charge in [0.2, 0.25) is 0 Å². The van der Waals surface area contributed by atoms with Gasteiger partial charge in [0.15, 0.2) is 5.96 Å². The second kappa shape index (κ2) is 12.5. The zero-order valence-electron chi connectivity index (χ0n) is 18.1. The second-order valence-corrected chi connectivity index (χ2v) is 8.59. The van der Waals surface area contributed by atoms with E-state index < -0.39 is 0 Å². The number of rotatable bonds is 8. The molecule has 2 heterocycles. The highest BCUT2D eigenvalue weighted by Crippen LogP contribution is 2.36. The van der Waals surface area contributed by atoms with Gasteiger partial charge in [-0.1, -0.05) is 25.1 Å². The van der Waals surface area contributed by atoms with E-state index in [1.165, 1.54) is 10.4 Å². The van der Waals surface area contributed by atoms with Crippen LogP contribution in [0.1, 0.15) is 43.0 Å². The maximum Gasteiger partial charge on any atom is 0.191 e. The highest BCUT2D eigenvalue weighted by Gasteiger charge is 2.34. The molecule has 1 aromatic heterocycles. The van der Waals surface area contributed by atoms with Crippen molar-refractivity contribution in [2.24, 2.45) is 4.99 Å². The van der Waals surface area contributed by atoms with Crippen LogP contribution in [0.4, 0.5) is 0 Å². The Bertz CT molecular complexity index is 759. The zero-order chi connectivity index (χ0) is 20.5. The number of nitrogens with one attached hydrogen (secondary N) is 2. The predicted molar refractivity (Wildman–Crippen MR) is 137 cm³/mol. The molecule has 1 unspecified atom stereocenters. The summed E-state index contributed by atoms with van der Waals surface area (Å²) in [5.41, 5.74) is 1.32. The molecule has 1 atom stereocenters. The van der Waals surface area contributed by atoms with Gasteiger partial charge in [-0.2, -0.15) is 0 Å². The van der Waals surface area contributed by atoms with E-state index in [1.54, 1.807) is 7.11 Å². The second-order valence-electron chi connectivity index (χ2n) is 7.61. The van der Waals surface area contributed by atoms with E-state index >= 15 is 0 Å². The molecule has 3 rings (SSSR count). The Morgan fingerprint density at radius 2 is 1.93 bits per heavy atom. The molecule has 2 N–H and O–H groups in total. The maximum absolute atomic E-state index is 5.66. The molecule has 1 aromatic carbocycles. The van der Waals surface area contributed by atoms with Gasteiger partial charge in [0.25, 0.3) is 0 Å². The Hall–Kier alpha value is -1.32. The van der Waals surface area contributed by atoms with Crippen molar-refractivity contribution >= 4 is 41.3 Å². The van der Waals surface area contributed by atoms with Gasteiger partial charge in [-0.3, -0.25) is 4.99 Å². The summed E-state index contributed by atoms with van der Waals surface area (Å²) in [6.45, 7) is 8.36. The fraction of sp³-hybridized carbons (Fsp3) is 0.522. The molecular formula is C23H34IN3O2S. The largest absolute Gasteiger partial charge is 0.497 e. The molecule has 0 bridgehead atoms. The van der Waals surface area contributed by atoms with Crippen LogP contribution in [0.15, 0.2) is 46.8 Å². The molecule has 0 aliphatic carbocycles. The quantitative estimate of drug-likeness (QED) is 0.286. The molecule has 2 aromatic rings. The molecule has 1 aliphatic heterocycles. The van der Waals surface area contributed by atoms with Crippen LogP contribution >= 0.6 is 35.3 Å². The highest BCUT2D eigenvalue weighted by molar-refractivity contribution is 14.0. The standard InChI is InChI=1S/C23H33N3O2S.HI/c1-4-24-22(25-16-18(2)21-6-5-15-29-21)26-17-23(11-13-28-14-12-23)19-7-9-20(27-3)10-8-19;/h5-10,15,18H,4,11-14,16-17H2,1-3H3,(H2,24,25,26);1H. The van der Waals surface area contributed by atoms with Crippen molar-refractivity contribution in [3.8, 4) is 5.75 Å². The van der Waals surface area contributed by atoms with E-state index in [2.05, 4.69) is 54.1 Å². The Kier molecular flexibility index (Phi) is 10.4. The number of hydrogen-bond acceptors (Lipinski definition) is 4. The molecule has 1 saturated heterocycles. The lowest BCUT2D eigenvalue weighted by atomic mass is 9.74. The minimum Gasteiger partial charge on any atom is -0.497 e. The first kappa shape index (κ1) is 24.9. The van der Waals surface area contributed by atoms with Crippen LogP contribution in [0, 0.1) is 0 Å². The van der Waals surface area contributed by atoms with Crippen LogP contribution in [-0.4, -0.2) is 45.9 Å². The molecule has 1 fully saturated rings. The first-order valence-electron chi connectivity index (χ1n) is 10.4. The van der Waals surface area contributed by atoms with Crippen LogP contribution in [0.5, 0.6) is 5.75 Å². The first-order chi connectivity index (χ1) is 14.2. The molecule has 5 nitrogen and oxygen atoms in total. The number of guanidine groups is 1. The smallest absolute Gasteiger partial charge is 0.191 e. The number of benzene rings is 1. The monoisotopic (exact) mass is 543 g/mol. The molecule has 1 aliphatic rings. The molecular weight excluding hydrogens is 509 g/mol. The number of aliphatic imine (C=N–C) groups is 1. The van der Waals surface area contributed by atoms with E-state index in [1.807, 2.05) is 23.5 Å². The van der Waals surface area contributed by atoms with E-state index in [-0.39, 0.29) is 29.4 Å². The molecule has 0 saturated carbocycles. The Balaban J connectivity index is 0.00000320. The summed E-state index contributed by atoms with van der Waals surface area (Å²) in [5, 5.41) is 9.06. The van der Waals surface area contributed by atoms with E-state index in [0.717, 1.165) is 57.4 Å². The van der Waals surface area contributed by atoms with Gasteiger partial charge in [-0.05, 0) is 48.9 Å². The van der Waals surface area contributed by atoms with Gasteiger partial charge in [-0.25, -0.2) is 0 Å². The third-order valence-corrected chi connectivity index (χ3v) is 6.74. The average Bonchev–Trinajstić information content (AvgIpc) is 3.31. The molecule has 0 amide bonds.